The van der Waals surface area contributed by atoms with Crippen LogP contribution in [0.5, 0.6) is 0 Å². The van der Waals surface area contributed by atoms with Crippen molar-refractivity contribution in [3.63, 3.8) is 0 Å². The Morgan fingerprint density at radius 1 is 1.22 bits per heavy atom. The van der Waals surface area contributed by atoms with Crippen LogP contribution in [0.2, 0.25) is 0 Å². The molecule has 0 aliphatic heterocycles. The Kier molecular flexibility index (Phi) is 3.30. The third kappa shape index (κ3) is 2.33. The number of methoxy groups -OCH3 is 1. The van der Waals surface area contributed by atoms with Gasteiger partial charge in [0.25, 0.3) is 0 Å². The number of nitrogens with two attached hydrogens (primary N) is 3. The maximum absolute atomic E-state index is 6.44. The van der Waals surface area contributed by atoms with E-state index < -0.39 is 5.54 Å². The monoisotopic (exact) mass is 245 g/mol. The third-order valence-electron chi connectivity index (χ3n) is 3.24. The molecule has 0 saturated heterocycles. The van der Waals surface area contributed by atoms with Gasteiger partial charge in [-0.15, -0.1) is 0 Å². The molecule has 1 unspecified atom stereocenters. The van der Waals surface area contributed by atoms with Gasteiger partial charge in [-0.2, -0.15) is 0 Å². The molecule has 0 radical (unpaired) electrons. The van der Waals surface area contributed by atoms with E-state index in [1.165, 1.54) is 0 Å². The molecular weight excluding hydrogens is 226 g/mol. The number of anilines is 1. The average molecular weight is 245 g/mol. The Morgan fingerprint density at radius 3 is 2.61 bits per heavy atom. The maximum Gasteiger partial charge on any atom is 0.116 e. The van der Waals surface area contributed by atoms with E-state index in [4.69, 9.17) is 21.9 Å². The van der Waals surface area contributed by atoms with Crippen molar-refractivity contribution in [3.8, 4) is 0 Å². The number of ether oxygens (including phenoxy) is 1. The summed E-state index contributed by atoms with van der Waals surface area (Å²) in [7, 11) is 1.62. The first-order valence-corrected chi connectivity index (χ1v) is 5.88. The number of benzene rings is 1. The number of nitrogen functional groups attached to an aromatic ring is 1. The topological polar surface area (TPSA) is 87.3 Å². The lowest BCUT2D eigenvalue weighted by molar-refractivity contribution is 0.215. The minimum atomic E-state index is -0.622. The second-order valence-electron chi connectivity index (χ2n) is 4.69. The van der Waals surface area contributed by atoms with Gasteiger partial charge in [-0.3, -0.25) is 0 Å². The molecular formula is C14H19N3O. The van der Waals surface area contributed by atoms with Gasteiger partial charge in [0.2, 0.25) is 0 Å². The first-order chi connectivity index (χ1) is 8.55. The summed E-state index contributed by atoms with van der Waals surface area (Å²) in [5, 5.41) is 0. The van der Waals surface area contributed by atoms with Crippen molar-refractivity contribution in [2.75, 3.05) is 12.8 Å². The Morgan fingerprint density at radius 2 is 1.94 bits per heavy atom. The lowest BCUT2D eigenvalue weighted by Gasteiger charge is -2.33. The fourth-order valence-electron chi connectivity index (χ4n) is 2.31. The maximum atomic E-state index is 6.44. The Labute approximate surface area is 107 Å². The second kappa shape index (κ2) is 4.74. The normalized spacial score (nSPS) is 23.2. The van der Waals surface area contributed by atoms with Crippen molar-refractivity contribution >= 4 is 5.69 Å². The van der Waals surface area contributed by atoms with Crippen LogP contribution in [-0.4, -0.2) is 12.6 Å². The fraction of sp³-hybridized carbons (Fsp3) is 0.286. The molecule has 96 valence electrons. The molecule has 1 aliphatic carbocycles. The number of para-hydroxylation sites is 1. The highest BCUT2D eigenvalue weighted by Crippen LogP contribution is 2.30. The van der Waals surface area contributed by atoms with E-state index in [1.54, 1.807) is 7.11 Å². The zero-order chi connectivity index (χ0) is 13.2. The highest BCUT2D eigenvalue weighted by molar-refractivity contribution is 5.48. The standard InChI is InChI=1S/C14H19N3O/c1-18-13-7-6-11(15)9-14(13,17)8-10-4-2-3-5-12(10)16/h2-7H,8-9,15-17H2,1H3. The van der Waals surface area contributed by atoms with Crippen LogP contribution < -0.4 is 17.2 Å². The molecule has 0 spiro atoms. The highest BCUT2D eigenvalue weighted by atomic mass is 16.5. The van der Waals surface area contributed by atoms with E-state index in [1.807, 2.05) is 36.4 Å². The molecule has 6 N–H and O–H groups in total. The molecule has 2 rings (SSSR count). The zero-order valence-electron chi connectivity index (χ0n) is 10.5. The average Bonchev–Trinajstić information content (AvgIpc) is 2.32. The van der Waals surface area contributed by atoms with Gasteiger partial charge in [-0.25, -0.2) is 0 Å². The predicted octanol–water partition coefficient (Wildman–Crippen LogP) is 1.29. The molecule has 1 aliphatic rings. The summed E-state index contributed by atoms with van der Waals surface area (Å²) < 4.78 is 5.36. The minimum absolute atomic E-state index is 0.570. The van der Waals surface area contributed by atoms with Crippen LogP contribution in [0.4, 0.5) is 5.69 Å². The van der Waals surface area contributed by atoms with Gasteiger partial charge in [0.1, 0.15) is 5.76 Å². The van der Waals surface area contributed by atoms with Crippen molar-refractivity contribution in [2.45, 2.75) is 18.4 Å². The Balaban J connectivity index is 2.30. The molecule has 0 fully saturated rings. The van der Waals surface area contributed by atoms with Gasteiger partial charge in [-0.05, 0) is 30.2 Å². The van der Waals surface area contributed by atoms with Gasteiger partial charge in [-0.1, -0.05) is 18.2 Å². The molecule has 18 heavy (non-hydrogen) atoms. The fourth-order valence-corrected chi connectivity index (χ4v) is 2.31. The summed E-state index contributed by atoms with van der Waals surface area (Å²) >= 11 is 0. The van der Waals surface area contributed by atoms with E-state index in [9.17, 15) is 0 Å². The van der Waals surface area contributed by atoms with Crippen LogP contribution in [0.1, 0.15) is 12.0 Å². The largest absolute Gasteiger partial charge is 0.499 e. The Hall–Kier alpha value is -1.94. The molecule has 0 bridgehead atoms. The van der Waals surface area contributed by atoms with Gasteiger partial charge in [0, 0.05) is 17.8 Å². The Bertz CT molecular complexity index is 508. The zero-order valence-corrected chi connectivity index (χ0v) is 10.5. The molecule has 1 aromatic carbocycles. The van der Waals surface area contributed by atoms with Crippen LogP contribution in [-0.2, 0) is 11.2 Å². The van der Waals surface area contributed by atoms with Crippen molar-refractivity contribution < 1.29 is 4.74 Å². The third-order valence-corrected chi connectivity index (χ3v) is 3.24. The summed E-state index contributed by atoms with van der Waals surface area (Å²) in [6, 6.07) is 7.71. The van der Waals surface area contributed by atoms with Crippen LogP contribution in [0, 0.1) is 0 Å². The van der Waals surface area contributed by atoms with Crippen LogP contribution in [0.3, 0.4) is 0 Å². The lowest BCUT2D eigenvalue weighted by atomic mass is 9.82. The minimum Gasteiger partial charge on any atom is -0.499 e. The first kappa shape index (κ1) is 12.5. The van der Waals surface area contributed by atoms with Crippen LogP contribution in [0.25, 0.3) is 0 Å². The predicted molar refractivity (Wildman–Crippen MR) is 73.5 cm³/mol. The number of hydrogen-bond acceptors (Lipinski definition) is 4. The summed E-state index contributed by atoms with van der Waals surface area (Å²) in [4.78, 5) is 0. The quantitative estimate of drug-likeness (QED) is 0.700. The van der Waals surface area contributed by atoms with E-state index in [0.29, 0.717) is 12.8 Å². The van der Waals surface area contributed by atoms with E-state index in [2.05, 4.69) is 0 Å². The van der Waals surface area contributed by atoms with Crippen LogP contribution >= 0.6 is 0 Å². The summed E-state index contributed by atoms with van der Waals surface area (Å²) in [5.74, 6) is 0.736. The van der Waals surface area contributed by atoms with Gasteiger partial charge in [0.05, 0.1) is 12.6 Å². The molecule has 0 amide bonds. The second-order valence-corrected chi connectivity index (χ2v) is 4.69. The van der Waals surface area contributed by atoms with E-state index in [-0.39, 0.29) is 0 Å². The molecule has 0 saturated carbocycles. The van der Waals surface area contributed by atoms with Crippen molar-refractivity contribution in [1.82, 2.24) is 0 Å². The SMILES string of the molecule is COC1=CC=C(N)CC1(N)Cc1ccccc1N. The van der Waals surface area contributed by atoms with Crippen molar-refractivity contribution in [1.29, 1.82) is 0 Å². The van der Waals surface area contributed by atoms with Gasteiger partial charge in [0.15, 0.2) is 0 Å². The first-order valence-electron chi connectivity index (χ1n) is 5.88. The van der Waals surface area contributed by atoms with E-state index >= 15 is 0 Å². The van der Waals surface area contributed by atoms with Crippen molar-refractivity contribution in [3.05, 3.63) is 53.4 Å². The number of hydrogen-bond donors (Lipinski definition) is 3. The van der Waals surface area contributed by atoms with Crippen molar-refractivity contribution in [2.24, 2.45) is 11.5 Å². The van der Waals surface area contributed by atoms with E-state index in [0.717, 1.165) is 22.7 Å². The summed E-state index contributed by atoms with van der Waals surface area (Å²) in [5.41, 5.74) is 20.1. The molecule has 0 heterocycles. The molecule has 4 nitrogen and oxygen atoms in total. The molecule has 1 atom stereocenters. The number of rotatable bonds is 3. The van der Waals surface area contributed by atoms with Crippen LogP contribution in [0.15, 0.2) is 47.9 Å². The number of allylic oxidation sites excluding steroid dienone is 2. The summed E-state index contributed by atoms with van der Waals surface area (Å²) in [6.07, 6.45) is 4.84. The summed E-state index contributed by atoms with van der Waals surface area (Å²) in [6.45, 7) is 0. The lowest BCUT2D eigenvalue weighted by Crippen LogP contribution is -2.47. The molecule has 4 heteroatoms. The smallest absolute Gasteiger partial charge is 0.116 e. The molecule has 0 aromatic heterocycles. The van der Waals surface area contributed by atoms with Gasteiger partial charge >= 0.3 is 0 Å². The van der Waals surface area contributed by atoms with Gasteiger partial charge < -0.3 is 21.9 Å². The highest BCUT2D eigenvalue weighted by Gasteiger charge is 2.34. The molecule has 1 aromatic rings.